The predicted octanol–water partition coefficient (Wildman–Crippen LogP) is -0.240. The summed E-state index contributed by atoms with van der Waals surface area (Å²) in [5, 5.41) is 26.2. The van der Waals surface area contributed by atoms with E-state index in [9.17, 15) is 9.59 Å². The van der Waals surface area contributed by atoms with E-state index in [4.69, 9.17) is 15.5 Å². The molecule has 0 bridgehead atoms. The standard InChI is InChI=1S/C9H12N2O4/c10-2-4-11-3-1-6(8(12)13)5-7(11)9(14)15/h6-7H,1,3-5H2,(H,12,13)(H,14,15)/t6-,7+/m0/s1. The van der Waals surface area contributed by atoms with Crippen LogP contribution >= 0.6 is 0 Å². The van der Waals surface area contributed by atoms with Crippen molar-refractivity contribution in [2.45, 2.75) is 18.9 Å². The van der Waals surface area contributed by atoms with E-state index in [0.717, 1.165) is 0 Å². The van der Waals surface area contributed by atoms with Crippen molar-refractivity contribution in [3.05, 3.63) is 0 Å². The lowest BCUT2D eigenvalue weighted by molar-refractivity contribution is -0.149. The van der Waals surface area contributed by atoms with Crippen molar-refractivity contribution in [2.75, 3.05) is 13.1 Å². The molecule has 82 valence electrons. The molecule has 1 saturated heterocycles. The van der Waals surface area contributed by atoms with Crippen molar-refractivity contribution in [2.24, 2.45) is 5.92 Å². The van der Waals surface area contributed by atoms with E-state index in [0.29, 0.717) is 13.0 Å². The highest BCUT2D eigenvalue weighted by Crippen LogP contribution is 2.23. The monoisotopic (exact) mass is 212 g/mol. The smallest absolute Gasteiger partial charge is 0.320 e. The summed E-state index contributed by atoms with van der Waals surface area (Å²) in [5.74, 6) is -2.63. The quantitative estimate of drug-likeness (QED) is 0.626. The zero-order valence-electron chi connectivity index (χ0n) is 8.09. The second-order valence-corrected chi connectivity index (χ2v) is 3.54. The molecule has 0 amide bonds. The topological polar surface area (TPSA) is 102 Å². The molecule has 0 aromatic heterocycles. The predicted molar refractivity (Wildman–Crippen MR) is 49.0 cm³/mol. The molecule has 1 heterocycles. The van der Waals surface area contributed by atoms with E-state index in [2.05, 4.69) is 0 Å². The Kier molecular flexibility index (Phi) is 3.63. The average Bonchev–Trinajstić information content (AvgIpc) is 2.18. The van der Waals surface area contributed by atoms with Crippen LogP contribution in [-0.2, 0) is 9.59 Å². The van der Waals surface area contributed by atoms with Gasteiger partial charge in [-0.15, -0.1) is 0 Å². The summed E-state index contributed by atoms with van der Waals surface area (Å²) in [4.78, 5) is 23.1. The Hall–Kier alpha value is -1.61. The minimum atomic E-state index is -1.06. The molecular weight excluding hydrogens is 200 g/mol. The van der Waals surface area contributed by atoms with Gasteiger partial charge in [-0.3, -0.25) is 14.5 Å². The van der Waals surface area contributed by atoms with Gasteiger partial charge in [0.2, 0.25) is 0 Å². The Morgan fingerprint density at radius 2 is 2.07 bits per heavy atom. The highest BCUT2D eigenvalue weighted by molar-refractivity contribution is 5.76. The molecule has 2 N–H and O–H groups in total. The first kappa shape index (κ1) is 11.5. The number of carboxylic acids is 2. The normalized spacial score (nSPS) is 26.9. The molecule has 1 aliphatic heterocycles. The van der Waals surface area contributed by atoms with Crippen LogP contribution in [0.3, 0.4) is 0 Å². The maximum Gasteiger partial charge on any atom is 0.320 e. The molecular formula is C9H12N2O4. The lowest BCUT2D eigenvalue weighted by Crippen LogP contribution is -2.48. The van der Waals surface area contributed by atoms with Gasteiger partial charge in [-0.1, -0.05) is 0 Å². The largest absolute Gasteiger partial charge is 0.481 e. The van der Waals surface area contributed by atoms with Gasteiger partial charge in [0, 0.05) is 6.54 Å². The Balaban J connectivity index is 2.70. The number of piperidine rings is 1. The summed E-state index contributed by atoms with van der Waals surface area (Å²) >= 11 is 0. The first-order valence-electron chi connectivity index (χ1n) is 4.63. The highest BCUT2D eigenvalue weighted by Gasteiger charge is 2.35. The molecule has 6 heteroatoms. The zero-order valence-corrected chi connectivity index (χ0v) is 8.09. The fraction of sp³-hybridized carbons (Fsp3) is 0.667. The minimum Gasteiger partial charge on any atom is -0.481 e. The maximum absolute atomic E-state index is 10.9. The number of aliphatic carboxylic acids is 2. The summed E-state index contributed by atoms with van der Waals surface area (Å²) in [7, 11) is 0. The molecule has 0 saturated carbocycles. The lowest BCUT2D eigenvalue weighted by atomic mass is 9.91. The van der Waals surface area contributed by atoms with Crippen molar-refractivity contribution < 1.29 is 19.8 Å². The number of hydrogen-bond donors (Lipinski definition) is 2. The number of likely N-dealkylation sites (tertiary alicyclic amines) is 1. The second-order valence-electron chi connectivity index (χ2n) is 3.54. The summed E-state index contributed by atoms with van der Waals surface area (Å²) in [6, 6.07) is 1.03. The fourth-order valence-corrected chi connectivity index (χ4v) is 1.78. The van der Waals surface area contributed by atoms with Gasteiger partial charge in [0.25, 0.3) is 0 Å². The van der Waals surface area contributed by atoms with Crippen LogP contribution in [0.1, 0.15) is 12.8 Å². The molecule has 0 aromatic carbocycles. The summed E-state index contributed by atoms with van der Waals surface area (Å²) in [6.45, 7) is 0.380. The number of carbonyl (C=O) groups is 2. The lowest BCUT2D eigenvalue weighted by Gasteiger charge is -2.33. The summed E-state index contributed by atoms with van der Waals surface area (Å²) in [6.07, 6.45) is 0.479. The van der Waals surface area contributed by atoms with Crippen LogP contribution in [0.15, 0.2) is 0 Å². The molecule has 0 unspecified atom stereocenters. The maximum atomic E-state index is 10.9. The van der Waals surface area contributed by atoms with Crippen LogP contribution in [0.4, 0.5) is 0 Å². The van der Waals surface area contributed by atoms with E-state index < -0.39 is 23.9 Å². The van der Waals surface area contributed by atoms with Gasteiger partial charge in [0.1, 0.15) is 6.04 Å². The number of nitrogens with zero attached hydrogens (tertiary/aromatic N) is 2. The van der Waals surface area contributed by atoms with Gasteiger partial charge in [0.05, 0.1) is 18.5 Å². The van der Waals surface area contributed by atoms with Crippen molar-refractivity contribution in [3.63, 3.8) is 0 Å². The molecule has 6 nitrogen and oxygen atoms in total. The average molecular weight is 212 g/mol. The van der Waals surface area contributed by atoms with E-state index >= 15 is 0 Å². The Bertz CT molecular complexity index is 310. The second kappa shape index (κ2) is 4.75. The van der Waals surface area contributed by atoms with Crippen molar-refractivity contribution in [3.8, 4) is 6.07 Å². The van der Waals surface area contributed by atoms with Crippen molar-refractivity contribution >= 4 is 11.9 Å². The van der Waals surface area contributed by atoms with Crippen LogP contribution < -0.4 is 0 Å². The summed E-state index contributed by atoms with van der Waals surface area (Å²) in [5.41, 5.74) is 0. The SMILES string of the molecule is N#CCN1CC[C@H](C(=O)O)C[C@@H]1C(=O)O. The van der Waals surface area contributed by atoms with Gasteiger partial charge < -0.3 is 10.2 Å². The van der Waals surface area contributed by atoms with Crippen LogP contribution in [0, 0.1) is 17.2 Å². The third-order valence-corrected chi connectivity index (χ3v) is 2.62. The first-order chi connectivity index (χ1) is 7.06. The van der Waals surface area contributed by atoms with Crippen LogP contribution in [0.2, 0.25) is 0 Å². The molecule has 0 spiro atoms. The van der Waals surface area contributed by atoms with Crippen LogP contribution in [0.5, 0.6) is 0 Å². The molecule has 1 rings (SSSR count). The van der Waals surface area contributed by atoms with E-state index in [-0.39, 0.29) is 13.0 Å². The van der Waals surface area contributed by atoms with Gasteiger partial charge in [-0.05, 0) is 12.8 Å². The molecule has 0 aliphatic carbocycles. The molecule has 0 radical (unpaired) electrons. The molecule has 0 aromatic rings. The van der Waals surface area contributed by atoms with Crippen LogP contribution in [0.25, 0.3) is 0 Å². The Labute approximate surface area is 86.7 Å². The van der Waals surface area contributed by atoms with Crippen molar-refractivity contribution in [1.82, 2.24) is 4.90 Å². The summed E-state index contributed by atoms with van der Waals surface area (Å²) < 4.78 is 0. The van der Waals surface area contributed by atoms with Crippen LogP contribution in [-0.4, -0.2) is 46.2 Å². The highest BCUT2D eigenvalue weighted by atomic mass is 16.4. The minimum absolute atomic E-state index is 0.0311. The van der Waals surface area contributed by atoms with Gasteiger partial charge >= 0.3 is 11.9 Å². The van der Waals surface area contributed by atoms with Gasteiger partial charge in [-0.2, -0.15) is 5.26 Å². The fourth-order valence-electron chi connectivity index (χ4n) is 1.78. The van der Waals surface area contributed by atoms with E-state index in [1.807, 2.05) is 6.07 Å². The molecule has 1 fully saturated rings. The molecule has 2 atom stereocenters. The molecule has 15 heavy (non-hydrogen) atoms. The van der Waals surface area contributed by atoms with Crippen molar-refractivity contribution in [1.29, 1.82) is 5.26 Å². The van der Waals surface area contributed by atoms with E-state index in [1.54, 1.807) is 0 Å². The number of hydrogen-bond acceptors (Lipinski definition) is 4. The Morgan fingerprint density at radius 1 is 1.40 bits per heavy atom. The Morgan fingerprint density at radius 3 is 2.53 bits per heavy atom. The first-order valence-corrected chi connectivity index (χ1v) is 4.63. The molecule has 1 aliphatic rings. The van der Waals surface area contributed by atoms with Gasteiger partial charge in [-0.25, -0.2) is 0 Å². The number of rotatable bonds is 3. The number of nitriles is 1. The number of carboxylic acid groups (broad SMARTS) is 2. The van der Waals surface area contributed by atoms with E-state index in [1.165, 1.54) is 4.90 Å². The zero-order chi connectivity index (χ0) is 11.4. The third kappa shape index (κ3) is 2.67. The van der Waals surface area contributed by atoms with Gasteiger partial charge in [0.15, 0.2) is 0 Å². The third-order valence-electron chi connectivity index (χ3n) is 2.62.